The molecule has 0 aliphatic heterocycles. The normalized spacial score (nSPS) is 12.0. The predicted molar refractivity (Wildman–Crippen MR) is 18.4 cm³/mol. The second-order valence-corrected chi connectivity index (χ2v) is 1.66. The molecule has 0 saturated carbocycles. The topological polar surface area (TPSA) is 0 Å². The molecule has 0 aliphatic carbocycles. The van der Waals surface area contributed by atoms with Gasteiger partial charge in [-0.2, -0.15) is 8.78 Å². The summed E-state index contributed by atoms with van der Waals surface area (Å²) >= 11 is 7.27. The molecule has 0 fully saturated rings. The molecule has 0 spiro atoms. The van der Waals surface area contributed by atoms with Crippen LogP contribution in [0.3, 0.4) is 0 Å². The largest absolute Gasteiger partial charge is 0.381 e. The fraction of sp³-hybridized carbons (Fsp3) is 1.00. The van der Waals surface area contributed by atoms with Gasteiger partial charge < -0.3 is 0 Å². The molecular weight excluding hydrogens is 118 g/mol. The maximum absolute atomic E-state index is 10.6. The fourth-order valence-electron chi connectivity index (χ4n) is 0. The molecule has 0 aromatic heterocycles. The molecule has 0 N–H and O–H groups in total. The smallest absolute Gasteiger partial charge is 0.176 e. The maximum atomic E-state index is 10.6. The lowest BCUT2D eigenvalue weighted by Crippen LogP contribution is -1.87. The van der Waals surface area contributed by atoms with E-state index in [1.807, 2.05) is 0 Å². The average Bonchev–Trinajstić information content (AvgIpc) is 0.722. The Bertz CT molecular complexity index is 25.1. The zero-order chi connectivity index (χ0) is 4.50. The van der Waals surface area contributed by atoms with Gasteiger partial charge in [0.15, 0.2) is 0 Å². The van der Waals surface area contributed by atoms with Crippen LogP contribution in [0, 0.1) is 0 Å². The zero-order valence-corrected chi connectivity index (χ0v) is 3.61. The van der Waals surface area contributed by atoms with E-state index in [0.717, 1.165) is 0 Å². The Balaban J connectivity index is 3.02. The molecule has 4 heteroatoms. The minimum Gasteiger partial charge on any atom is -0.176 e. The lowest BCUT2D eigenvalue weighted by molar-refractivity contribution is 0.206. The fourth-order valence-corrected chi connectivity index (χ4v) is 0. The molecule has 0 saturated heterocycles. The Kier molecular flexibility index (Phi) is 1.44. The summed E-state index contributed by atoms with van der Waals surface area (Å²) in [6, 6.07) is 0. The Morgan fingerprint density at radius 3 is 1.60 bits per heavy atom. The van der Waals surface area contributed by atoms with Gasteiger partial charge in [0.25, 0.3) is 0 Å². The summed E-state index contributed by atoms with van der Waals surface area (Å²) in [6.07, 6.45) is 0. The molecule has 0 amide bonds. The summed E-state index contributed by atoms with van der Waals surface area (Å²) in [5.41, 5.74) is 0. The van der Waals surface area contributed by atoms with Crippen LogP contribution in [0.25, 0.3) is 0 Å². The van der Waals surface area contributed by atoms with Crippen LogP contribution < -0.4 is 0 Å². The van der Waals surface area contributed by atoms with Gasteiger partial charge in [0, 0.05) is 12.6 Å². The van der Waals surface area contributed by atoms with Crippen molar-refractivity contribution < 1.29 is 8.78 Å². The molecule has 31 valence electrons. The van der Waals surface area contributed by atoms with Crippen LogP contribution in [0.4, 0.5) is 8.78 Å². The Morgan fingerprint density at radius 2 is 1.60 bits per heavy atom. The number of halogens is 3. The van der Waals surface area contributed by atoms with E-state index in [1.54, 1.807) is 0 Å². The molecule has 1 radical (unpaired) electrons. The maximum Gasteiger partial charge on any atom is 0.381 e. The predicted octanol–water partition coefficient (Wildman–Crippen LogP) is 1.97. The van der Waals surface area contributed by atoms with Crippen LogP contribution in [-0.4, -0.2) is 4.71 Å². The summed E-state index contributed by atoms with van der Waals surface area (Å²) in [6.45, 7) is 0. The minimum absolute atomic E-state index is 3.26. The number of alkyl halides is 3. The van der Waals surface area contributed by atoms with Gasteiger partial charge in [0.1, 0.15) is 0 Å². The van der Waals surface area contributed by atoms with E-state index in [2.05, 4.69) is 24.2 Å². The van der Waals surface area contributed by atoms with E-state index in [0.29, 0.717) is 0 Å². The van der Waals surface area contributed by atoms with Gasteiger partial charge in [-0.25, -0.2) is 0 Å². The first kappa shape index (κ1) is 5.50. The Hall–Kier alpha value is 0.500. The van der Waals surface area contributed by atoms with Crippen molar-refractivity contribution in [3.63, 3.8) is 0 Å². The van der Waals surface area contributed by atoms with Gasteiger partial charge in [0.05, 0.1) is 0 Å². The molecule has 0 rings (SSSR count). The second-order valence-electron chi connectivity index (χ2n) is 0.446. The quantitative estimate of drug-likeness (QED) is 0.426. The first-order chi connectivity index (χ1) is 2.00. The molecule has 0 unspecified atom stereocenters. The first-order valence-electron chi connectivity index (χ1n) is 0.771. The van der Waals surface area contributed by atoms with Gasteiger partial charge in [0.2, 0.25) is 0 Å². The zero-order valence-electron chi connectivity index (χ0n) is 2.04. The van der Waals surface area contributed by atoms with Gasteiger partial charge in [-0.15, -0.1) is 0 Å². The summed E-state index contributed by atoms with van der Waals surface area (Å²) in [5, 5.41) is 0. The lowest BCUT2D eigenvalue weighted by atomic mass is 11.6. The monoisotopic (exact) mass is 117 g/mol. The highest BCUT2D eigenvalue weighted by Crippen LogP contribution is 2.21. The van der Waals surface area contributed by atoms with Crippen molar-refractivity contribution in [2.75, 3.05) is 0 Å². The van der Waals surface area contributed by atoms with Gasteiger partial charge in [-0.05, 0) is 11.6 Å². The van der Waals surface area contributed by atoms with Crippen LogP contribution in [0.1, 0.15) is 0 Å². The van der Waals surface area contributed by atoms with Crippen LogP contribution in [0.5, 0.6) is 0 Å². The highest BCUT2D eigenvalue weighted by Gasteiger charge is 2.16. The van der Waals surface area contributed by atoms with Crippen molar-refractivity contribution in [3.8, 4) is 0 Å². The molecule has 0 nitrogen and oxygen atoms in total. The first-order valence-corrected chi connectivity index (χ1v) is 1.56. The minimum atomic E-state index is -3.44. The summed E-state index contributed by atoms with van der Waals surface area (Å²) < 4.78 is 17.8. The van der Waals surface area contributed by atoms with Crippen molar-refractivity contribution in [3.05, 3.63) is 0 Å². The molecule has 0 atom stereocenters. The summed E-state index contributed by atoms with van der Waals surface area (Å²) in [4.78, 5) is 0. The Labute approximate surface area is 38.5 Å². The highest BCUT2D eigenvalue weighted by atomic mass is 35.5. The SMILES string of the molecule is FC(F)([S])Cl. The van der Waals surface area contributed by atoms with E-state index in [-0.39, 0.29) is 0 Å². The molecular formula is CClF2S. The van der Waals surface area contributed by atoms with Crippen molar-refractivity contribution in [1.82, 2.24) is 0 Å². The van der Waals surface area contributed by atoms with Crippen molar-refractivity contribution in [2.24, 2.45) is 0 Å². The van der Waals surface area contributed by atoms with Crippen molar-refractivity contribution in [2.45, 2.75) is 4.71 Å². The third-order valence-corrected chi connectivity index (χ3v) is 0. The molecule has 0 aromatic carbocycles. The average molecular weight is 118 g/mol. The lowest BCUT2D eigenvalue weighted by Gasteiger charge is -1.87. The van der Waals surface area contributed by atoms with Crippen LogP contribution in [-0.2, 0) is 0 Å². The van der Waals surface area contributed by atoms with Crippen LogP contribution in [0.15, 0.2) is 0 Å². The van der Waals surface area contributed by atoms with E-state index < -0.39 is 4.71 Å². The third-order valence-electron chi connectivity index (χ3n) is 0. The van der Waals surface area contributed by atoms with Gasteiger partial charge in [-0.1, -0.05) is 0 Å². The second kappa shape index (κ2) is 1.30. The highest BCUT2D eigenvalue weighted by molar-refractivity contribution is 7.82. The van der Waals surface area contributed by atoms with E-state index in [1.165, 1.54) is 0 Å². The number of hydrogen-bond donors (Lipinski definition) is 0. The summed E-state index contributed by atoms with van der Waals surface area (Å²) in [5.74, 6) is 0. The standard InChI is InChI=1S/CClF2S/c2-1(3,4)5. The van der Waals surface area contributed by atoms with E-state index in [9.17, 15) is 8.78 Å². The van der Waals surface area contributed by atoms with Crippen LogP contribution in [0.2, 0.25) is 0 Å². The van der Waals surface area contributed by atoms with E-state index in [4.69, 9.17) is 0 Å². The number of rotatable bonds is 0. The summed E-state index contributed by atoms with van der Waals surface area (Å²) in [7, 11) is 0. The molecule has 0 aliphatic rings. The van der Waals surface area contributed by atoms with Gasteiger partial charge >= 0.3 is 4.71 Å². The third kappa shape index (κ3) is 113. The van der Waals surface area contributed by atoms with Gasteiger partial charge in [-0.3, -0.25) is 0 Å². The Morgan fingerprint density at radius 1 is 1.60 bits per heavy atom. The number of hydrogen-bond acceptors (Lipinski definition) is 0. The van der Waals surface area contributed by atoms with Crippen molar-refractivity contribution >= 4 is 24.2 Å². The molecule has 5 heavy (non-hydrogen) atoms. The molecule has 0 heterocycles. The molecule has 0 bridgehead atoms. The van der Waals surface area contributed by atoms with Crippen LogP contribution >= 0.6 is 24.2 Å². The molecule has 0 aromatic rings. The van der Waals surface area contributed by atoms with E-state index >= 15 is 0 Å². The van der Waals surface area contributed by atoms with Crippen molar-refractivity contribution in [1.29, 1.82) is 0 Å².